The third-order valence-corrected chi connectivity index (χ3v) is 5.40. The van der Waals surface area contributed by atoms with Crippen molar-refractivity contribution in [1.29, 1.82) is 0 Å². The van der Waals surface area contributed by atoms with E-state index in [2.05, 4.69) is 30.5 Å². The van der Waals surface area contributed by atoms with Crippen LogP contribution in [0.1, 0.15) is 50.8 Å². The molecule has 1 aromatic heterocycles. The summed E-state index contributed by atoms with van der Waals surface area (Å²) in [5.74, 6) is -0.154. The van der Waals surface area contributed by atoms with Crippen LogP contribution in [0.15, 0.2) is 47.8 Å². The SMILES string of the molecule is Cc1cc(-c2csc(Cc3ccc(C(=O)O)cc3)n2)cc(C2CC2)c1. The largest absolute Gasteiger partial charge is 0.478 e. The molecule has 4 heteroatoms. The molecular formula is C21H19NO2S. The number of aromatic nitrogens is 1. The quantitative estimate of drug-likeness (QED) is 0.681. The molecular weight excluding hydrogens is 330 g/mol. The molecule has 126 valence electrons. The zero-order chi connectivity index (χ0) is 17.4. The van der Waals surface area contributed by atoms with E-state index in [1.165, 1.54) is 29.5 Å². The summed E-state index contributed by atoms with van der Waals surface area (Å²) >= 11 is 1.66. The summed E-state index contributed by atoms with van der Waals surface area (Å²) in [7, 11) is 0. The number of aromatic carboxylic acids is 1. The van der Waals surface area contributed by atoms with E-state index in [0.29, 0.717) is 5.56 Å². The average Bonchev–Trinajstić information content (AvgIpc) is 3.34. The highest BCUT2D eigenvalue weighted by Crippen LogP contribution is 2.41. The number of thiazole rings is 1. The summed E-state index contributed by atoms with van der Waals surface area (Å²) < 4.78 is 0. The maximum absolute atomic E-state index is 10.9. The number of aryl methyl sites for hydroxylation is 1. The fraction of sp³-hybridized carbons (Fsp3) is 0.238. The van der Waals surface area contributed by atoms with E-state index in [9.17, 15) is 4.79 Å². The minimum absolute atomic E-state index is 0.316. The minimum atomic E-state index is -0.894. The lowest BCUT2D eigenvalue weighted by molar-refractivity contribution is 0.0697. The minimum Gasteiger partial charge on any atom is -0.478 e. The average molecular weight is 349 g/mol. The maximum atomic E-state index is 10.9. The van der Waals surface area contributed by atoms with Gasteiger partial charge in [-0.25, -0.2) is 9.78 Å². The summed E-state index contributed by atoms with van der Waals surface area (Å²) in [4.78, 5) is 15.7. The summed E-state index contributed by atoms with van der Waals surface area (Å²) in [6, 6.07) is 13.8. The van der Waals surface area contributed by atoms with E-state index in [1.54, 1.807) is 23.5 Å². The summed E-state index contributed by atoms with van der Waals surface area (Å²) in [6.45, 7) is 2.15. The Hall–Kier alpha value is -2.46. The number of hydrogen-bond acceptors (Lipinski definition) is 3. The van der Waals surface area contributed by atoms with E-state index < -0.39 is 5.97 Å². The van der Waals surface area contributed by atoms with Crippen LogP contribution in [0, 0.1) is 6.92 Å². The molecule has 0 amide bonds. The topological polar surface area (TPSA) is 50.2 Å². The van der Waals surface area contributed by atoms with Gasteiger partial charge in [0, 0.05) is 17.4 Å². The molecule has 1 saturated carbocycles. The molecule has 2 aromatic carbocycles. The first-order valence-electron chi connectivity index (χ1n) is 8.47. The number of rotatable bonds is 5. The molecule has 3 aromatic rings. The van der Waals surface area contributed by atoms with Gasteiger partial charge in [-0.1, -0.05) is 23.8 Å². The van der Waals surface area contributed by atoms with Crippen molar-refractivity contribution in [3.8, 4) is 11.3 Å². The number of carboxylic acid groups (broad SMARTS) is 1. The fourth-order valence-electron chi connectivity index (χ4n) is 3.08. The monoisotopic (exact) mass is 349 g/mol. The molecule has 1 fully saturated rings. The third kappa shape index (κ3) is 3.64. The van der Waals surface area contributed by atoms with E-state index >= 15 is 0 Å². The maximum Gasteiger partial charge on any atom is 0.335 e. The lowest BCUT2D eigenvalue weighted by atomic mass is 10.0. The molecule has 1 aliphatic rings. The molecule has 0 unspecified atom stereocenters. The number of benzene rings is 2. The van der Waals surface area contributed by atoms with Crippen molar-refractivity contribution in [2.45, 2.75) is 32.1 Å². The highest BCUT2D eigenvalue weighted by Gasteiger charge is 2.24. The van der Waals surface area contributed by atoms with Gasteiger partial charge in [-0.2, -0.15) is 0 Å². The first kappa shape index (κ1) is 16.0. The highest BCUT2D eigenvalue weighted by atomic mass is 32.1. The molecule has 4 rings (SSSR count). The number of carbonyl (C=O) groups is 1. The first-order chi connectivity index (χ1) is 12.1. The van der Waals surface area contributed by atoms with E-state index in [4.69, 9.17) is 10.1 Å². The first-order valence-corrected chi connectivity index (χ1v) is 9.35. The second-order valence-corrected chi connectivity index (χ2v) is 7.65. The van der Waals surface area contributed by atoms with Gasteiger partial charge in [-0.3, -0.25) is 0 Å². The van der Waals surface area contributed by atoms with Crippen LogP contribution in [0.2, 0.25) is 0 Å². The van der Waals surface area contributed by atoms with Crippen LogP contribution < -0.4 is 0 Å². The Morgan fingerprint density at radius 2 is 1.96 bits per heavy atom. The van der Waals surface area contributed by atoms with Gasteiger partial charge in [-0.05, 0) is 61.1 Å². The van der Waals surface area contributed by atoms with E-state index in [-0.39, 0.29) is 0 Å². The molecule has 0 saturated heterocycles. The van der Waals surface area contributed by atoms with Crippen LogP contribution >= 0.6 is 11.3 Å². The molecule has 0 radical (unpaired) electrons. The Morgan fingerprint density at radius 1 is 1.20 bits per heavy atom. The zero-order valence-corrected chi connectivity index (χ0v) is 14.8. The number of hydrogen-bond donors (Lipinski definition) is 1. The lowest BCUT2D eigenvalue weighted by Gasteiger charge is -2.05. The van der Waals surface area contributed by atoms with Gasteiger partial charge in [0.2, 0.25) is 0 Å². The van der Waals surface area contributed by atoms with Crippen molar-refractivity contribution in [3.05, 3.63) is 75.1 Å². The van der Waals surface area contributed by atoms with Crippen LogP contribution in [0.4, 0.5) is 0 Å². The second-order valence-electron chi connectivity index (χ2n) is 6.71. The predicted octanol–water partition coefficient (Wildman–Crippen LogP) is 5.28. The van der Waals surface area contributed by atoms with Crippen molar-refractivity contribution >= 4 is 17.3 Å². The van der Waals surface area contributed by atoms with Crippen molar-refractivity contribution in [2.24, 2.45) is 0 Å². The fourth-order valence-corrected chi connectivity index (χ4v) is 3.91. The highest BCUT2D eigenvalue weighted by molar-refractivity contribution is 7.10. The molecule has 1 heterocycles. The van der Waals surface area contributed by atoms with Crippen LogP contribution in [0.3, 0.4) is 0 Å². The smallest absolute Gasteiger partial charge is 0.335 e. The Bertz CT molecular complexity index is 923. The summed E-state index contributed by atoms with van der Waals surface area (Å²) in [5, 5.41) is 12.1. The molecule has 0 bridgehead atoms. The normalized spacial score (nSPS) is 13.8. The van der Waals surface area contributed by atoms with Gasteiger partial charge in [0.05, 0.1) is 16.3 Å². The van der Waals surface area contributed by atoms with Gasteiger partial charge in [0.1, 0.15) is 0 Å². The summed E-state index contributed by atoms with van der Waals surface area (Å²) in [6.07, 6.45) is 3.33. The number of nitrogens with zero attached hydrogens (tertiary/aromatic N) is 1. The van der Waals surface area contributed by atoms with E-state index in [1.807, 2.05) is 12.1 Å². The van der Waals surface area contributed by atoms with Crippen molar-refractivity contribution in [3.63, 3.8) is 0 Å². The molecule has 1 aliphatic carbocycles. The Labute approximate surface area is 151 Å². The predicted molar refractivity (Wildman–Crippen MR) is 100 cm³/mol. The van der Waals surface area contributed by atoms with Crippen LogP contribution in [-0.4, -0.2) is 16.1 Å². The van der Waals surface area contributed by atoms with Gasteiger partial charge in [0.15, 0.2) is 0 Å². The molecule has 1 N–H and O–H groups in total. The molecule has 0 aliphatic heterocycles. The van der Waals surface area contributed by atoms with Gasteiger partial charge in [0.25, 0.3) is 0 Å². The Kier molecular flexibility index (Phi) is 4.14. The molecule has 25 heavy (non-hydrogen) atoms. The lowest BCUT2D eigenvalue weighted by Crippen LogP contribution is -1.96. The van der Waals surface area contributed by atoms with Gasteiger partial charge < -0.3 is 5.11 Å². The molecule has 3 nitrogen and oxygen atoms in total. The van der Waals surface area contributed by atoms with Gasteiger partial charge >= 0.3 is 5.97 Å². The summed E-state index contributed by atoms with van der Waals surface area (Å²) in [5.41, 5.74) is 6.36. The van der Waals surface area contributed by atoms with Crippen molar-refractivity contribution < 1.29 is 9.90 Å². The zero-order valence-electron chi connectivity index (χ0n) is 14.0. The number of carboxylic acids is 1. The second kappa shape index (κ2) is 6.45. The molecule has 0 atom stereocenters. The van der Waals surface area contributed by atoms with E-state index in [0.717, 1.165) is 28.6 Å². The van der Waals surface area contributed by atoms with Crippen LogP contribution in [-0.2, 0) is 6.42 Å². The molecule has 0 spiro atoms. The Morgan fingerprint density at radius 3 is 2.64 bits per heavy atom. The third-order valence-electron chi connectivity index (χ3n) is 4.55. The van der Waals surface area contributed by atoms with Crippen molar-refractivity contribution in [1.82, 2.24) is 4.98 Å². The van der Waals surface area contributed by atoms with Crippen LogP contribution in [0.5, 0.6) is 0 Å². The van der Waals surface area contributed by atoms with Gasteiger partial charge in [-0.15, -0.1) is 11.3 Å². The standard InChI is InChI=1S/C21H19NO2S/c1-13-8-17(15-6-7-15)11-18(9-13)19-12-25-20(22-19)10-14-2-4-16(5-3-14)21(23)24/h2-5,8-9,11-12,15H,6-7,10H2,1H3,(H,23,24). The van der Waals surface area contributed by atoms with Crippen LogP contribution in [0.25, 0.3) is 11.3 Å². The Balaban J connectivity index is 1.55. The van der Waals surface area contributed by atoms with Crippen molar-refractivity contribution in [2.75, 3.05) is 0 Å².